The SMILES string of the molecule is COc1ccc(CCNC2CCc3ccccc32)cc1OC. The number of ether oxygens (including phenoxy) is 2. The molecule has 0 bridgehead atoms. The summed E-state index contributed by atoms with van der Waals surface area (Å²) in [4.78, 5) is 0. The van der Waals surface area contributed by atoms with Crippen molar-refractivity contribution >= 4 is 0 Å². The first-order chi connectivity index (χ1) is 10.8. The molecule has 0 heterocycles. The first kappa shape index (κ1) is 14.9. The van der Waals surface area contributed by atoms with Crippen LogP contribution in [-0.2, 0) is 12.8 Å². The van der Waals surface area contributed by atoms with Crippen LogP contribution in [-0.4, -0.2) is 20.8 Å². The van der Waals surface area contributed by atoms with Gasteiger partial charge < -0.3 is 14.8 Å². The molecule has 1 N–H and O–H groups in total. The van der Waals surface area contributed by atoms with Gasteiger partial charge >= 0.3 is 0 Å². The molecule has 1 atom stereocenters. The van der Waals surface area contributed by atoms with Gasteiger partial charge in [-0.1, -0.05) is 30.3 Å². The number of aryl methyl sites for hydroxylation is 1. The summed E-state index contributed by atoms with van der Waals surface area (Å²) in [6, 6.07) is 15.4. The maximum Gasteiger partial charge on any atom is 0.160 e. The summed E-state index contributed by atoms with van der Waals surface area (Å²) in [5.74, 6) is 1.58. The van der Waals surface area contributed by atoms with Gasteiger partial charge in [0.05, 0.1) is 14.2 Å². The number of hydrogen-bond acceptors (Lipinski definition) is 3. The standard InChI is InChI=1S/C19H23NO2/c1-21-18-10-7-14(13-19(18)22-2)11-12-20-17-9-8-15-5-3-4-6-16(15)17/h3-7,10,13,17,20H,8-9,11-12H2,1-2H3. The lowest BCUT2D eigenvalue weighted by molar-refractivity contribution is 0.354. The van der Waals surface area contributed by atoms with E-state index < -0.39 is 0 Å². The molecule has 0 aliphatic heterocycles. The quantitative estimate of drug-likeness (QED) is 0.885. The molecular weight excluding hydrogens is 274 g/mol. The van der Waals surface area contributed by atoms with Gasteiger partial charge in [0.25, 0.3) is 0 Å². The van der Waals surface area contributed by atoms with Gasteiger partial charge in [-0.2, -0.15) is 0 Å². The van der Waals surface area contributed by atoms with E-state index in [4.69, 9.17) is 9.47 Å². The van der Waals surface area contributed by atoms with E-state index in [1.807, 2.05) is 6.07 Å². The van der Waals surface area contributed by atoms with Crippen molar-refractivity contribution in [2.45, 2.75) is 25.3 Å². The van der Waals surface area contributed by atoms with E-state index in [1.165, 1.54) is 29.5 Å². The molecule has 0 spiro atoms. The van der Waals surface area contributed by atoms with Crippen LogP contribution in [0.15, 0.2) is 42.5 Å². The fourth-order valence-corrected chi connectivity index (χ4v) is 3.20. The third-order valence-corrected chi connectivity index (χ3v) is 4.39. The summed E-state index contributed by atoms with van der Waals surface area (Å²) in [5.41, 5.74) is 4.22. The van der Waals surface area contributed by atoms with Gasteiger partial charge in [0.1, 0.15) is 0 Å². The molecule has 1 unspecified atom stereocenters. The van der Waals surface area contributed by atoms with E-state index >= 15 is 0 Å². The van der Waals surface area contributed by atoms with Crippen LogP contribution < -0.4 is 14.8 Å². The van der Waals surface area contributed by atoms with Crippen molar-refractivity contribution in [1.29, 1.82) is 0 Å². The highest BCUT2D eigenvalue weighted by molar-refractivity contribution is 5.43. The van der Waals surface area contributed by atoms with E-state index in [9.17, 15) is 0 Å². The Hall–Kier alpha value is -2.00. The van der Waals surface area contributed by atoms with Crippen LogP contribution in [0, 0.1) is 0 Å². The molecule has 3 rings (SSSR count). The number of fused-ring (bicyclic) bond motifs is 1. The molecule has 0 amide bonds. The highest BCUT2D eigenvalue weighted by atomic mass is 16.5. The third kappa shape index (κ3) is 3.09. The Balaban J connectivity index is 1.58. The van der Waals surface area contributed by atoms with E-state index in [1.54, 1.807) is 14.2 Å². The molecule has 0 fully saturated rings. The predicted octanol–water partition coefficient (Wildman–Crippen LogP) is 3.52. The van der Waals surface area contributed by atoms with E-state index in [0.717, 1.165) is 24.5 Å². The predicted molar refractivity (Wildman–Crippen MR) is 88.8 cm³/mol. The molecule has 2 aromatic carbocycles. The minimum Gasteiger partial charge on any atom is -0.493 e. The zero-order valence-corrected chi connectivity index (χ0v) is 13.3. The lowest BCUT2D eigenvalue weighted by Crippen LogP contribution is -2.21. The molecule has 3 heteroatoms. The molecule has 0 saturated heterocycles. The van der Waals surface area contributed by atoms with Crippen molar-refractivity contribution < 1.29 is 9.47 Å². The van der Waals surface area contributed by atoms with Gasteiger partial charge in [-0.3, -0.25) is 0 Å². The zero-order chi connectivity index (χ0) is 15.4. The normalized spacial score (nSPS) is 16.4. The lowest BCUT2D eigenvalue weighted by Gasteiger charge is -2.14. The maximum atomic E-state index is 5.36. The van der Waals surface area contributed by atoms with Crippen molar-refractivity contribution in [2.24, 2.45) is 0 Å². The summed E-state index contributed by atoms with van der Waals surface area (Å²) in [6.07, 6.45) is 3.37. The molecule has 0 aromatic heterocycles. The number of hydrogen-bond donors (Lipinski definition) is 1. The van der Waals surface area contributed by atoms with Gasteiger partial charge in [0, 0.05) is 6.04 Å². The second kappa shape index (κ2) is 6.84. The minimum absolute atomic E-state index is 0.497. The smallest absolute Gasteiger partial charge is 0.160 e. The van der Waals surface area contributed by atoms with Crippen LogP contribution in [0.25, 0.3) is 0 Å². The third-order valence-electron chi connectivity index (χ3n) is 4.39. The zero-order valence-electron chi connectivity index (χ0n) is 13.3. The molecule has 116 valence electrons. The van der Waals surface area contributed by atoms with E-state index in [-0.39, 0.29) is 0 Å². The van der Waals surface area contributed by atoms with Gasteiger partial charge in [-0.05, 0) is 54.6 Å². The highest BCUT2D eigenvalue weighted by Crippen LogP contribution is 2.31. The van der Waals surface area contributed by atoms with Crippen molar-refractivity contribution in [3.05, 3.63) is 59.2 Å². The molecule has 0 saturated carbocycles. The van der Waals surface area contributed by atoms with Crippen LogP contribution in [0.3, 0.4) is 0 Å². The fourth-order valence-electron chi connectivity index (χ4n) is 3.20. The van der Waals surface area contributed by atoms with E-state index in [2.05, 4.69) is 41.7 Å². The van der Waals surface area contributed by atoms with Crippen molar-refractivity contribution in [3.8, 4) is 11.5 Å². The number of rotatable bonds is 6. The molecule has 22 heavy (non-hydrogen) atoms. The number of methoxy groups -OCH3 is 2. The molecule has 0 radical (unpaired) electrons. The average molecular weight is 297 g/mol. The summed E-state index contributed by atoms with van der Waals surface area (Å²) in [6.45, 7) is 0.967. The van der Waals surface area contributed by atoms with Crippen LogP contribution in [0.2, 0.25) is 0 Å². The first-order valence-electron chi connectivity index (χ1n) is 7.84. The Morgan fingerprint density at radius 3 is 2.68 bits per heavy atom. The van der Waals surface area contributed by atoms with Crippen molar-refractivity contribution in [2.75, 3.05) is 20.8 Å². The summed E-state index contributed by atoms with van der Waals surface area (Å²) in [5, 5.41) is 3.68. The molecular formula is C19H23NO2. The summed E-state index contributed by atoms with van der Waals surface area (Å²) >= 11 is 0. The molecule has 1 aliphatic rings. The molecule has 1 aliphatic carbocycles. The second-order valence-corrected chi connectivity index (χ2v) is 5.68. The fraction of sp³-hybridized carbons (Fsp3) is 0.368. The minimum atomic E-state index is 0.497. The monoisotopic (exact) mass is 297 g/mol. The van der Waals surface area contributed by atoms with Crippen molar-refractivity contribution in [1.82, 2.24) is 5.32 Å². The lowest BCUT2D eigenvalue weighted by atomic mass is 10.1. The Kier molecular flexibility index (Phi) is 4.64. The first-order valence-corrected chi connectivity index (χ1v) is 7.84. The largest absolute Gasteiger partial charge is 0.493 e. The number of nitrogens with one attached hydrogen (secondary N) is 1. The van der Waals surface area contributed by atoms with Crippen LogP contribution >= 0.6 is 0 Å². The highest BCUT2D eigenvalue weighted by Gasteiger charge is 2.20. The van der Waals surface area contributed by atoms with Gasteiger partial charge in [0.15, 0.2) is 11.5 Å². The maximum absolute atomic E-state index is 5.36. The summed E-state index contributed by atoms with van der Waals surface area (Å²) < 4.78 is 10.6. The van der Waals surface area contributed by atoms with Crippen LogP contribution in [0.5, 0.6) is 11.5 Å². The Labute approximate surface area is 132 Å². The van der Waals surface area contributed by atoms with Gasteiger partial charge in [-0.15, -0.1) is 0 Å². The van der Waals surface area contributed by atoms with Gasteiger partial charge in [0.2, 0.25) is 0 Å². The molecule has 2 aromatic rings. The summed E-state index contributed by atoms with van der Waals surface area (Å²) in [7, 11) is 3.34. The van der Waals surface area contributed by atoms with Gasteiger partial charge in [-0.25, -0.2) is 0 Å². The average Bonchev–Trinajstić information content (AvgIpc) is 2.98. The Morgan fingerprint density at radius 1 is 1.05 bits per heavy atom. The second-order valence-electron chi connectivity index (χ2n) is 5.68. The van der Waals surface area contributed by atoms with Crippen LogP contribution in [0.1, 0.15) is 29.2 Å². The molecule has 3 nitrogen and oxygen atoms in total. The van der Waals surface area contributed by atoms with Crippen molar-refractivity contribution in [3.63, 3.8) is 0 Å². The number of benzene rings is 2. The van der Waals surface area contributed by atoms with Crippen LogP contribution in [0.4, 0.5) is 0 Å². The topological polar surface area (TPSA) is 30.5 Å². The Bertz CT molecular complexity index is 639. The Morgan fingerprint density at radius 2 is 1.86 bits per heavy atom. The van der Waals surface area contributed by atoms with E-state index in [0.29, 0.717) is 6.04 Å².